The zero-order valence-electron chi connectivity index (χ0n) is 12.3. The highest BCUT2D eigenvalue weighted by molar-refractivity contribution is 5.84. The molecule has 0 radical (unpaired) electrons. The third kappa shape index (κ3) is 5.59. The van der Waals surface area contributed by atoms with Crippen LogP contribution in [0.2, 0.25) is 0 Å². The second kappa shape index (κ2) is 6.33. The largest absolute Gasteiger partial charge is 0.458 e. The van der Waals surface area contributed by atoms with E-state index in [1.807, 2.05) is 0 Å². The van der Waals surface area contributed by atoms with E-state index in [0.29, 0.717) is 0 Å². The lowest BCUT2D eigenvalue weighted by atomic mass is 10.2. The smallest absolute Gasteiger partial charge is 0.389 e. The molecule has 0 aliphatic rings. The summed E-state index contributed by atoms with van der Waals surface area (Å²) in [4.78, 5) is 33.2. The Morgan fingerprint density at radius 1 is 1.52 bits per heavy atom. The van der Waals surface area contributed by atoms with Crippen LogP contribution in [0, 0.1) is 10.1 Å². The first-order valence-corrected chi connectivity index (χ1v) is 6.28. The fourth-order valence-corrected chi connectivity index (χ4v) is 1.42. The molecule has 116 valence electrons. The van der Waals surface area contributed by atoms with Crippen LogP contribution in [0.25, 0.3) is 0 Å². The predicted octanol–water partition coefficient (Wildman–Crippen LogP) is 0.638. The molecular formula is C12H18N4O5. The monoisotopic (exact) mass is 298 g/mol. The fraction of sp³-hybridized carbons (Fsp3) is 0.583. The van der Waals surface area contributed by atoms with E-state index < -0.39 is 28.4 Å². The lowest BCUT2D eigenvalue weighted by Gasteiger charge is -2.22. The Hall–Kier alpha value is -2.45. The van der Waals surface area contributed by atoms with Gasteiger partial charge in [0.2, 0.25) is 5.91 Å². The quantitative estimate of drug-likeness (QED) is 0.484. The Kier molecular flexibility index (Phi) is 5.01. The van der Waals surface area contributed by atoms with Gasteiger partial charge >= 0.3 is 11.8 Å². The number of amides is 1. The van der Waals surface area contributed by atoms with E-state index in [9.17, 15) is 19.7 Å². The first-order chi connectivity index (χ1) is 9.58. The van der Waals surface area contributed by atoms with Crippen molar-refractivity contribution in [2.75, 3.05) is 0 Å². The molecule has 0 spiro atoms. The van der Waals surface area contributed by atoms with Crippen molar-refractivity contribution in [2.24, 2.45) is 0 Å². The molecule has 1 atom stereocenters. The Morgan fingerprint density at radius 3 is 2.62 bits per heavy atom. The number of nitro groups is 1. The Morgan fingerprint density at radius 2 is 2.14 bits per heavy atom. The van der Waals surface area contributed by atoms with Gasteiger partial charge in [-0.2, -0.15) is 4.68 Å². The molecule has 0 bridgehead atoms. The number of hydrogen-bond acceptors (Lipinski definition) is 6. The van der Waals surface area contributed by atoms with E-state index in [2.05, 4.69) is 10.4 Å². The van der Waals surface area contributed by atoms with E-state index >= 15 is 0 Å². The molecule has 0 aromatic carbocycles. The van der Waals surface area contributed by atoms with Gasteiger partial charge in [-0.15, -0.1) is 0 Å². The topological polar surface area (TPSA) is 116 Å². The van der Waals surface area contributed by atoms with Gasteiger partial charge in [-0.1, -0.05) is 0 Å². The molecule has 1 N–H and O–H groups in total. The average molecular weight is 298 g/mol. The van der Waals surface area contributed by atoms with Crippen LogP contribution >= 0.6 is 0 Å². The molecule has 1 heterocycles. The Labute approximate surface area is 121 Å². The zero-order valence-corrected chi connectivity index (χ0v) is 12.3. The molecule has 0 fully saturated rings. The lowest BCUT2D eigenvalue weighted by Crippen LogP contribution is -2.43. The number of carbonyl (C=O) groups is 2. The third-order valence-corrected chi connectivity index (χ3v) is 2.26. The van der Waals surface area contributed by atoms with Crippen molar-refractivity contribution in [1.29, 1.82) is 0 Å². The molecule has 1 aromatic heterocycles. The first-order valence-electron chi connectivity index (χ1n) is 6.28. The van der Waals surface area contributed by atoms with E-state index in [-0.39, 0.29) is 12.4 Å². The summed E-state index contributed by atoms with van der Waals surface area (Å²) in [5.41, 5.74) is -0.640. The molecule has 0 aliphatic carbocycles. The molecule has 1 amide bonds. The maximum absolute atomic E-state index is 11.7. The van der Waals surface area contributed by atoms with E-state index in [1.165, 1.54) is 19.2 Å². The summed E-state index contributed by atoms with van der Waals surface area (Å²) < 4.78 is 6.24. The van der Waals surface area contributed by atoms with Crippen molar-refractivity contribution in [1.82, 2.24) is 15.1 Å². The fourth-order valence-electron chi connectivity index (χ4n) is 1.42. The van der Waals surface area contributed by atoms with Crippen molar-refractivity contribution < 1.29 is 19.2 Å². The van der Waals surface area contributed by atoms with Crippen molar-refractivity contribution in [3.63, 3.8) is 0 Å². The highest BCUT2D eigenvalue weighted by Crippen LogP contribution is 2.08. The summed E-state index contributed by atoms with van der Waals surface area (Å²) in [6, 6.07) is 0.368. The van der Waals surface area contributed by atoms with Gasteiger partial charge < -0.3 is 20.2 Å². The van der Waals surface area contributed by atoms with Gasteiger partial charge in [0.15, 0.2) is 0 Å². The van der Waals surface area contributed by atoms with Crippen molar-refractivity contribution in [3.8, 4) is 0 Å². The SMILES string of the molecule is C[C@@H](NC(=O)Cn1ccc([N+](=O)[O-])n1)C(=O)OC(C)(C)C. The van der Waals surface area contributed by atoms with E-state index in [4.69, 9.17) is 4.74 Å². The number of rotatable bonds is 5. The normalized spacial score (nSPS) is 12.6. The van der Waals surface area contributed by atoms with Gasteiger partial charge in [-0.25, -0.2) is 4.79 Å². The third-order valence-electron chi connectivity index (χ3n) is 2.26. The number of nitrogens with zero attached hydrogens (tertiary/aromatic N) is 3. The van der Waals surface area contributed by atoms with Gasteiger partial charge in [0, 0.05) is 0 Å². The minimum Gasteiger partial charge on any atom is -0.458 e. The van der Waals surface area contributed by atoms with E-state index in [0.717, 1.165) is 4.68 Å². The maximum atomic E-state index is 11.7. The van der Waals surface area contributed by atoms with Crippen molar-refractivity contribution in [3.05, 3.63) is 22.4 Å². The van der Waals surface area contributed by atoms with Crippen molar-refractivity contribution in [2.45, 2.75) is 45.9 Å². The maximum Gasteiger partial charge on any atom is 0.389 e. The number of ether oxygens (including phenoxy) is 1. The predicted molar refractivity (Wildman–Crippen MR) is 72.3 cm³/mol. The molecule has 1 aromatic rings. The average Bonchev–Trinajstić information content (AvgIpc) is 2.74. The van der Waals surface area contributed by atoms with Crippen LogP contribution in [0.4, 0.5) is 5.82 Å². The zero-order chi connectivity index (χ0) is 16.2. The summed E-state index contributed by atoms with van der Waals surface area (Å²) >= 11 is 0. The summed E-state index contributed by atoms with van der Waals surface area (Å²) in [7, 11) is 0. The molecule has 9 nitrogen and oxygen atoms in total. The Balaban J connectivity index is 2.52. The van der Waals surface area contributed by atoms with Gasteiger partial charge in [0.1, 0.15) is 18.2 Å². The summed E-state index contributed by atoms with van der Waals surface area (Å²) in [5.74, 6) is -1.39. The minimum atomic E-state index is -0.817. The summed E-state index contributed by atoms with van der Waals surface area (Å²) in [5, 5.41) is 16.5. The lowest BCUT2D eigenvalue weighted by molar-refractivity contribution is -0.389. The van der Waals surface area contributed by atoms with Crippen LogP contribution in [-0.4, -0.2) is 38.2 Å². The van der Waals surface area contributed by atoms with Crippen LogP contribution in [-0.2, 0) is 20.9 Å². The van der Waals surface area contributed by atoms with Crippen LogP contribution in [0.5, 0.6) is 0 Å². The highest BCUT2D eigenvalue weighted by atomic mass is 16.6. The second-order valence-corrected chi connectivity index (χ2v) is 5.45. The minimum absolute atomic E-state index is 0.221. The van der Waals surface area contributed by atoms with Crippen molar-refractivity contribution >= 4 is 17.7 Å². The molecule has 0 saturated heterocycles. The van der Waals surface area contributed by atoms with Gasteiger partial charge in [0.25, 0.3) is 0 Å². The number of hydrogen-bond donors (Lipinski definition) is 1. The standard InChI is InChI=1S/C12H18N4O5/c1-8(11(18)21-12(2,3)4)13-10(17)7-15-6-5-9(14-15)16(19)20/h5-6,8H,7H2,1-4H3,(H,13,17)/t8-/m1/s1. The second-order valence-electron chi connectivity index (χ2n) is 5.45. The number of carbonyl (C=O) groups excluding carboxylic acids is 2. The van der Waals surface area contributed by atoms with Gasteiger partial charge in [-0.3, -0.25) is 4.79 Å². The summed E-state index contributed by atoms with van der Waals surface area (Å²) in [6.07, 6.45) is 1.32. The van der Waals surface area contributed by atoms with E-state index in [1.54, 1.807) is 20.8 Å². The molecule has 0 saturated carbocycles. The van der Waals surface area contributed by atoms with Crippen LogP contribution in [0.15, 0.2) is 12.3 Å². The Bertz CT molecular complexity index is 546. The number of aromatic nitrogens is 2. The molecule has 0 unspecified atom stereocenters. The molecule has 21 heavy (non-hydrogen) atoms. The molecule has 9 heteroatoms. The van der Waals surface area contributed by atoms with Crippen LogP contribution in [0.1, 0.15) is 27.7 Å². The number of nitrogens with one attached hydrogen (secondary N) is 1. The van der Waals surface area contributed by atoms with Gasteiger partial charge in [0.05, 0.1) is 17.4 Å². The van der Waals surface area contributed by atoms with Gasteiger partial charge in [-0.05, 0) is 32.6 Å². The summed E-state index contributed by atoms with van der Waals surface area (Å²) in [6.45, 7) is 6.45. The molecule has 0 aliphatic heterocycles. The highest BCUT2D eigenvalue weighted by Gasteiger charge is 2.23. The molecular weight excluding hydrogens is 280 g/mol. The number of esters is 1. The molecule has 1 rings (SSSR count). The first kappa shape index (κ1) is 16.6. The van der Waals surface area contributed by atoms with Crippen LogP contribution in [0.3, 0.4) is 0 Å². The van der Waals surface area contributed by atoms with Crippen LogP contribution < -0.4 is 5.32 Å².